The predicted molar refractivity (Wildman–Crippen MR) is 73.7 cm³/mol. The van der Waals surface area contributed by atoms with Gasteiger partial charge in [0.05, 0.1) is 0 Å². The Balaban J connectivity index is 1.86. The van der Waals surface area contributed by atoms with Crippen LogP contribution in [0.1, 0.15) is 52.9 Å². The first kappa shape index (κ1) is 13.7. The number of rotatable bonds is 5. The van der Waals surface area contributed by atoms with Crippen molar-refractivity contribution in [2.75, 3.05) is 6.54 Å². The van der Waals surface area contributed by atoms with E-state index in [0.29, 0.717) is 29.1 Å². The lowest BCUT2D eigenvalue weighted by atomic mass is 9.68. The number of hydrogen-bond donors (Lipinski definition) is 3. The Hall–Kier alpha value is -0.770. The third-order valence-corrected chi connectivity index (χ3v) is 5.36. The van der Waals surface area contributed by atoms with Gasteiger partial charge in [0.2, 0.25) is 0 Å². The van der Waals surface area contributed by atoms with E-state index in [1.807, 2.05) is 0 Å². The van der Waals surface area contributed by atoms with Gasteiger partial charge in [-0.15, -0.1) is 0 Å². The molecule has 0 aromatic rings. The standard InChI is InChI=1S/C14H27N3O/c1-13(2)10-6-7-14(3,9-10)12(13)16-8-4-5-11(15)17-18/h10,12,16,18H,4-9H2,1-3H3,(H2,15,17). The highest BCUT2D eigenvalue weighted by molar-refractivity contribution is 5.79. The minimum absolute atomic E-state index is 0.329. The maximum Gasteiger partial charge on any atom is 0.139 e. The van der Waals surface area contributed by atoms with E-state index in [-0.39, 0.29) is 0 Å². The van der Waals surface area contributed by atoms with Gasteiger partial charge in [0.15, 0.2) is 0 Å². The van der Waals surface area contributed by atoms with Crippen molar-refractivity contribution in [3.8, 4) is 0 Å². The molecule has 2 aliphatic rings. The van der Waals surface area contributed by atoms with Crippen molar-refractivity contribution in [2.24, 2.45) is 27.6 Å². The Kier molecular flexibility index (Phi) is 3.58. The molecule has 3 atom stereocenters. The Morgan fingerprint density at radius 1 is 1.44 bits per heavy atom. The third kappa shape index (κ3) is 2.22. The number of oxime groups is 1. The quantitative estimate of drug-likeness (QED) is 0.231. The van der Waals surface area contributed by atoms with Crippen LogP contribution in [0.3, 0.4) is 0 Å². The first-order valence-electron chi connectivity index (χ1n) is 7.10. The van der Waals surface area contributed by atoms with E-state index in [1.165, 1.54) is 19.3 Å². The van der Waals surface area contributed by atoms with Gasteiger partial charge in [0.1, 0.15) is 5.84 Å². The van der Waals surface area contributed by atoms with Gasteiger partial charge in [0.25, 0.3) is 0 Å². The van der Waals surface area contributed by atoms with Gasteiger partial charge >= 0.3 is 0 Å². The van der Waals surface area contributed by atoms with E-state index in [2.05, 4.69) is 31.2 Å². The molecule has 2 rings (SSSR count). The molecule has 0 aliphatic heterocycles. The number of hydrogen-bond acceptors (Lipinski definition) is 3. The van der Waals surface area contributed by atoms with E-state index < -0.39 is 0 Å². The average Bonchev–Trinajstić information content (AvgIpc) is 2.78. The normalized spacial score (nSPS) is 38.3. The molecule has 0 amide bonds. The summed E-state index contributed by atoms with van der Waals surface area (Å²) in [6.07, 6.45) is 5.72. The summed E-state index contributed by atoms with van der Waals surface area (Å²) in [5.74, 6) is 1.21. The van der Waals surface area contributed by atoms with Gasteiger partial charge in [-0.05, 0) is 49.0 Å². The molecule has 4 nitrogen and oxygen atoms in total. The van der Waals surface area contributed by atoms with Gasteiger partial charge in [0, 0.05) is 12.5 Å². The molecule has 104 valence electrons. The van der Waals surface area contributed by atoms with Crippen LogP contribution < -0.4 is 11.1 Å². The van der Waals surface area contributed by atoms with E-state index in [0.717, 1.165) is 18.9 Å². The second-order valence-electron chi connectivity index (χ2n) is 7.00. The van der Waals surface area contributed by atoms with Gasteiger partial charge in [-0.1, -0.05) is 25.9 Å². The van der Waals surface area contributed by atoms with Crippen molar-refractivity contribution in [1.82, 2.24) is 5.32 Å². The predicted octanol–water partition coefficient (Wildman–Crippen LogP) is 2.32. The van der Waals surface area contributed by atoms with Crippen molar-refractivity contribution in [3.63, 3.8) is 0 Å². The van der Waals surface area contributed by atoms with Crippen LogP contribution in [0.5, 0.6) is 0 Å². The molecular formula is C14H27N3O. The summed E-state index contributed by atoms with van der Waals surface area (Å²) in [5.41, 5.74) is 6.36. The zero-order valence-corrected chi connectivity index (χ0v) is 11.9. The monoisotopic (exact) mass is 253 g/mol. The van der Waals surface area contributed by atoms with Crippen molar-refractivity contribution >= 4 is 5.84 Å². The maximum atomic E-state index is 8.50. The molecule has 0 aromatic carbocycles. The minimum atomic E-state index is 0.329. The number of nitrogens with zero attached hydrogens (tertiary/aromatic N) is 1. The highest BCUT2D eigenvalue weighted by atomic mass is 16.4. The SMILES string of the molecule is CC12CCC(C1)C(C)(C)C2NCCCC(N)=NO. The fraction of sp³-hybridized carbons (Fsp3) is 0.929. The van der Waals surface area contributed by atoms with Crippen LogP contribution in [0.15, 0.2) is 5.16 Å². The smallest absolute Gasteiger partial charge is 0.139 e. The lowest BCUT2D eigenvalue weighted by Crippen LogP contribution is -2.50. The number of fused-ring (bicyclic) bond motifs is 2. The number of nitrogens with one attached hydrogen (secondary N) is 1. The molecule has 0 heterocycles. The molecule has 0 spiro atoms. The van der Waals surface area contributed by atoms with Crippen LogP contribution in [0, 0.1) is 16.7 Å². The fourth-order valence-corrected chi connectivity index (χ4v) is 4.38. The molecule has 2 bridgehead atoms. The largest absolute Gasteiger partial charge is 0.409 e. The summed E-state index contributed by atoms with van der Waals surface area (Å²) < 4.78 is 0. The van der Waals surface area contributed by atoms with Gasteiger partial charge in [-0.25, -0.2) is 0 Å². The van der Waals surface area contributed by atoms with Crippen LogP contribution in [0.2, 0.25) is 0 Å². The van der Waals surface area contributed by atoms with Gasteiger partial charge in [-0.2, -0.15) is 0 Å². The Bertz CT molecular complexity index is 335. The zero-order valence-electron chi connectivity index (χ0n) is 11.9. The molecule has 0 aromatic heterocycles. The lowest BCUT2D eigenvalue weighted by Gasteiger charge is -2.43. The fourth-order valence-electron chi connectivity index (χ4n) is 4.38. The molecular weight excluding hydrogens is 226 g/mol. The van der Waals surface area contributed by atoms with E-state index in [1.54, 1.807) is 0 Å². The summed E-state index contributed by atoms with van der Waals surface area (Å²) >= 11 is 0. The number of amidine groups is 1. The summed E-state index contributed by atoms with van der Waals surface area (Å²) in [7, 11) is 0. The second-order valence-corrected chi connectivity index (χ2v) is 7.00. The molecule has 2 fully saturated rings. The molecule has 0 saturated heterocycles. The topological polar surface area (TPSA) is 70.6 Å². The minimum Gasteiger partial charge on any atom is -0.409 e. The molecule has 2 aliphatic carbocycles. The van der Waals surface area contributed by atoms with Crippen molar-refractivity contribution < 1.29 is 5.21 Å². The van der Waals surface area contributed by atoms with Crippen LogP contribution in [0.4, 0.5) is 0 Å². The Labute approximate surface area is 110 Å². The summed E-state index contributed by atoms with van der Waals surface area (Å²) in [6, 6.07) is 0.607. The highest BCUT2D eigenvalue weighted by Gasteiger charge is 2.58. The van der Waals surface area contributed by atoms with Gasteiger partial charge < -0.3 is 16.3 Å². The Morgan fingerprint density at radius 2 is 2.17 bits per heavy atom. The first-order valence-corrected chi connectivity index (χ1v) is 7.10. The zero-order chi connectivity index (χ0) is 13.4. The van der Waals surface area contributed by atoms with E-state index in [9.17, 15) is 0 Å². The molecule has 0 radical (unpaired) electrons. The molecule has 4 heteroatoms. The molecule has 3 unspecified atom stereocenters. The molecule has 4 N–H and O–H groups in total. The van der Waals surface area contributed by atoms with Crippen LogP contribution in [-0.4, -0.2) is 23.6 Å². The second kappa shape index (κ2) is 4.72. The van der Waals surface area contributed by atoms with Crippen molar-refractivity contribution in [1.29, 1.82) is 0 Å². The summed E-state index contributed by atoms with van der Waals surface area (Å²) in [6.45, 7) is 8.20. The van der Waals surface area contributed by atoms with Crippen LogP contribution >= 0.6 is 0 Å². The number of nitrogens with two attached hydrogens (primary N) is 1. The third-order valence-electron chi connectivity index (χ3n) is 5.36. The summed E-state index contributed by atoms with van der Waals surface area (Å²) in [5, 5.41) is 15.2. The molecule has 2 saturated carbocycles. The Morgan fingerprint density at radius 3 is 2.72 bits per heavy atom. The first-order chi connectivity index (χ1) is 8.40. The van der Waals surface area contributed by atoms with Crippen molar-refractivity contribution in [2.45, 2.75) is 58.9 Å². The van der Waals surface area contributed by atoms with Crippen LogP contribution in [0.25, 0.3) is 0 Å². The van der Waals surface area contributed by atoms with Crippen molar-refractivity contribution in [3.05, 3.63) is 0 Å². The maximum absolute atomic E-state index is 8.50. The highest BCUT2D eigenvalue weighted by Crippen LogP contribution is 2.62. The lowest BCUT2D eigenvalue weighted by molar-refractivity contribution is 0.109. The average molecular weight is 253 g/mol. The molecule has 18 heavy (non-hydrogen) atoms. The van der Waals surface area contributed by atoms with Crippen LogP contribution in [-0.2, 0) is 0 Å². The summed E-state index contributed by atoms with van der Waals surface area (Å²) in [4.78, 5) is 0. The van der Waals surface area contributed by atoms with E-state index >= 15 is 0 Å². The van der Waals surface area contributed by atoms with Gasteiger partial charge in [-0.3, -0.25) is 0 Å². The van der Waals surface area contributed by atoms with E-state index in [4.69, 9.17) is 10.9 Å².